The molecule has 5 heteroatoms. The molecule has 0 heterocycles. The van der Waals surface area contributed by atoms with Gasteiger partial charge in [0, 0.05) is 0 Å². The van der Waals surface area contributed by atoms with Crippen LogP contribution in [-0.2, 0) is 4.79 Å². The largest absolute Gasteiger partial charge is 0.368 e. The highest BCUT2D eigenvalue weighted by Crippen LogP contribution is 2.29. The molecule has 0 spiro atoms. The summed E-state index contributed by atoms with van der Waals surface area (Å²) in [6, 6.07) is 17.1. The van der Waals surface area contributed by atoms with Crippen LogP contribution >= 0.6 is 0 Å². The van der Waals surface area contributed by atoms with Crippen LogP contribution in [0.5, 0.6) is 0 Å². The summed E-state index contributed by atoms with van der Waals surface area (Å²) in [5.41, 5.74) is 7.80. The number of amides is 3. The first-order valence-corrected chi connectivity index (χ1v) is 9.51. The molecule has 2 aromatic carbocycles. The Kier molecular flexibility index (Phi) is 5.79. The molecule has 2 aromatic rings. The lowest BCUT2D eigenvalue weighted by Gasteiger charge is -2.35. The van der Waals surface area contributed by atoms with Gasteiger partial charge < -0.3 is 16.4 Å². The standard InChI is InChI=1S/C22H27N3O2/c1-16-10-6-7-13-18(16)19(17-11-4-2-5-12-17)24-21(27)25-22(20(23)26)14-8-3-9-15-22/h2,4-7,10-13,19H,3,8-9,14-15H2,1H3,(H2,23,26)(H2,24,25,27)/t19-/m1/s1. The molecule has 27 heavy (non-hydrogen) atoms. The molecular weight excluding hydrogens is 338 g/mol. The van der Waals surface area contributed by atoms with E-state index in [0.29, 0.717) is 12.8 Å². The first kappa shape index (κ1) is 19.0. The number of aryl methyl sites for hydroxylation is 1. The lowest BCUT2D eigenvalue weighted by atomic mass is 9.81. The Balaban J connectivity index is 1.85. The zero-order valence-corrected chi connectivity index (χ0v) is 15.7. The second kappa shape index (κ2) is 8.25. The molecule has 1 aliphatic carbocycles. The average molecular weight is 365 g/mol. The number of nitrogens with two attached hydrogens (primary N) is 1. The summed E-state index contributed by atoms with van der Waals surface area (Å²) in [5.74, 6) is -0.454. The summed E-state index contributed by atoms with van der Waals surface area (Å²) in [6.07, 6.45) is 4.03. The van der Waals surface area contributed by atoms with E-state index in [1.807, 2.05) is 61.5 Å². The number of benzene rings is 2. The van der Waals surface area contributed by atoms with Crippen LogP contribution < -0.4 is 16.4 Å². The Hall–Kier alpha value is -2.82. The van der Waals surface area contributed by atoms with E-state index in [4.69, 9.17) is 5.73 Å². The molecule has 3 rings (SSSR count). The lowest BCUT2D eigenvalue weighted by Crippen LogP contribution is -2.60. The van der Waals surface area contributed by atoms with E-state index in [9.17, 15) is 9.59 Å². The molecular formula is C22H27N3O2. The topological polar surface area (TPSA) is 84.2 Å². The quantitative estimate of drug-likeness (QED) is 0.757. The van der Waals surface area contributed by atoms with Gasteiger partial charge in [-0.3, -0.25) is 4.79 Å². The SMILES string of the molecule is Cc1ccccc1[C@H](NC(=O)NC1(C(N)=O)CCCCC1)c1ccccc1. The first-order chi connectivity index (χ1) is 13.0. The van der Waals surface area contributed by atoms with Gasteiger partial charge in [-0.25, -0.2) is 4.79 Å². The van der Waals surface area contributed by atoms with Gasteiger partial charge in [-0.1, -0.05) is 73.9 Å². The smallest absolute Gasteiger partial charge is 0.316 e. The van der Waals surface area contributed by atoms with Crippen LogP contribution in [0.1, 0.15) is 54.8 Å². The summed E-state index contributed by atoms with van der Waals surface area (Å²) in [6.45, 7) is 2.02. The third-order valence-corrected chi connectivity index (χ3v) is 5.44. The van der Waals surface area contributed by atoms with Gasteiger partial charge >= 0.3 is 6.03 Å². The molecule has 0 aromatic heterocycles. The van der Waals surface area contributed by atoms with Crippen LogP contribution in [0.2, 0.25) is 0 Å². The number of rotatable bonds is 5. The van der Waals surface area contributed by atoms with Crippen LogP contribution in [0.15, 0.2) is 54.6 Å². The summed E-state index contributed by atoms with van der Waals surface area (Å²) in [4.78, 5) is 24.9. The van der Waals surface area contributed by atoms with Crippen LogP contribution in [0.3, 0.4) is 0 Å². The molecule has 0 saturated heterocycles. The van der Waals surface area contributed by atoms with Gasteiger partial charge in [0.2, 0.25) is 5.91 Å². The molecule has 0 unspecified atom stereocenters. The predicted molar refractivity (Wildman–Crippen MR) is 106 cm³/mol. The summed E-state index contributed by atoms with van der Waals surface area (Å²) in [7, 11) is 0. The molecule has 3 amide bonds. The Morgan fingerprint density at radius 2 is 1.59 bits per heavy atom. The van der Waals surface area contributed by atoms with Gasteiger partial charge in [-0.05, 0) is 36.5 Å². The van der Waals surface area contributed by atoms with Crippen LogP contribution in [0.25, 0.3) is 0 Å². The molecule has 142 valence electrons. The molecule has 4 N–H and O–H groups in total. The normalized spacial score (nSPS) is 16.9. The Morgan fingerprint density at radius 1 is 0.963 bits per heavy atom. The Morgan fingerprint density at radius 3 is 2.22 bits per heavy atom. The summed E-state index contributed by atoms with van der Waals surface area (Å²) < 4.78 is 0. The van der Waals surface area contributed by atoms with Crippen LogP contribution in [0, 0.1) is 6.92 Å². The highest BCUT2D eigenvalue weighted by Gasteiger charge is 2.39. The van der Waals surface area contributed by atoms with Crippen molar-refractivity contribution in [2.75, 3.05) is 0 Å². The number of urea groups is 1. The number of carbonyl (C=O) groups is 2. The molecule has 1 saturated carbocycles. The van der Waals surface area contributed by atoms with Gasteiger partial charge in [0.05, 0.1) is 6.04 Å². The summed E-state index contributed by atoms with van der Waals surface area (Å²) in [5, 5.41) is 5.96. The zero-order valence-electron chi connectivity index (χ0n) is 15.7. The second-order valence-electron chi connectivity index (χ2n) is 7.31. The van der Waals surface area contributed by atoms with E-state index in [2.05, 4.69) is 10.6 Å². The third-order valence-electron chi connectivity index (χ3n) is 5.44. The average Bonchev–Trinajstić information content (AvgIpc) is 2.68. The van der Waals surface area contributed by atoms with Crippen molar-refractivity contribution in [3.63, 3.8) is 0 Å². The highest BCUT2D eigenvalue weighted by atomic mass is 16.2. The molecule has 0 radical (unpaired) electrons. The molecule has 1 aliphatic rings. The van der Waals surface area contributed by atoms with Crippen molar-refractivity contribution in [2.45, 2.75) is 50.6 Å². The van der Waals surface area contributed by atoms with E-state index in [1.54, 1.807) is 0 Å². The van der Waals surface area contributed by atoms with Gasteiger partial charge in [0.25, 0.3) is 0 Å². The minimum absolute atomic E-state index is 0.305. The molecule has 5 nitrogen and oxygen atoms in total. The minimum Gasteiger partial charge on any atom is -0.368 e. The van der Waals surface area contributed by atoms with Crippen molar-refractivity contribution < 1.29 is 9.59 Å². The third kappa shape index (κ3) is 4.30. The maximum atomic E-state index is 12.9. The molecule has 1 atom stereocenters. The fraction of sp³-hybridized carbons (Fsp3) is 0.364. The van der Waals surface area contributed by atoms with Crippen molar-refractivity contribution in [1.29, 1.82) is 0 Å². The molecule has 0 aliphatic heterocycles. The van der Waals surface area contributed by atoms with E-state index in [0.717, 1.165) is 36.0 Å². The van der Waals surface area contributed by atoms with E-state index >= 15 is 0 Å². The lowest BCUT2D eigenvalue weighted by molar-refractivity contribution is -0.125. The molecule has 1 fully saturated rings. The number of hydrogen-bond donors (Lipinski definition) is 3. The first-order valence-electron chi connectivity index (χ1n) is 9.51. The number of hydrogen-bond acceptors (Lipinski definition) is 2. The maximum Gasteiger partial charge on any atom is 0.316 e. The van der Waals surface area contributed by atoms with Crippen molar-refractivity contribution >= 4 is 11.9 Å². The maximum absolute atomic E-state index is 12.9. The predicted octanol–water partition coefficient (Wildman–Crippen LogP) is 3.57. The minimum atomic E-state index is -0.949. The summed E-state index contributed by atoms with van der Waals surface area (Å²) >= 11 is 0. The van der Waals surface area contributed by atoms with Crippen molar-refractivity contribution in [1.82, 2.24) is 10.6 Å². The van der Waals surface area contributed by atoms with Crippen LogP contribution in [0.4, 0.5) is 4.79 Å². The fourth-order valence-electron chi connectivity index (χ4n) is 3.87. The number of primary amides is 1. The number of carbonyl (C=O) groups excluding carboxylic acids is 2. The monoisotopic (exact) mass is 365 g/mol. The fourth-order valence-corrected chi connectivity index (χ4v) is 3.87. The van der Waals surface area contributed by atoms with Gasteiger partial charge in [0.15, 0.2) is 0 Å². The van der Waals surface area contributed by atoms with E-state index in [1.165, 1.54) is 0 Å². The van der Waals surface area contributed by atoms with Gasteiger partial charge in [-0.15, -0.1) is 0 Å². The van der Waals surface area contributed by atoms with Crippen molar-refractivity contribution in [2.24, 2.45) is 5.73 Å². The van der Waals surface area contributed by atoms with E-state index < -0.39 is 11.4 Å². The zero-order chi connectivity index (χ0) is 19.3. The van der Waals surface area contributed by atoms with Gasteiger partial charge in [-0.2, -0.15) is 0 Å². The molecule has 0 bridgehead atoms. The van der Waals surface area contributed by atoms with Crippen molar-refractivity contribution in [3.05, 3.63) is 71.3 Å². The van der Waals surface area contributed by atoms with Crippen molar-refractivity contribution in [3.8, 4) is 0 Å². The van der Waals surface area contributed by atoms with Crippen LogP contribution in [-0.4, -0.2) is 17.5 Å². The van der Waals surface area contributed by atoms with E-state index in [-0.39, 0.29) is 12.1 Å². The highest BCUT2D eigenvalue weighted by molar-refractivity contribution is 5.90. The Labute approximate surface area is 160 Å². The second-order valence-corrected chi connectivity index (χ2v) is 7.31. The van der Waals surface area contributed by atoms with Gasteiger partial charge in [0.1, 0.15) is 5.54 Å². The number of nitrogens with one attached hydrogen (secondary N) is 2. The Bertz CT molecular complexity index is 798.